The molecule has 30 heavy (non-hydrogen) atoms. The Morgan fingerprint density at radius 2 is 0.667 bits per heavy atom. The molecule has 4 aliphatic rings. The highest BCUT2D eigenvalue weighted by atomic mass is 16.6. The summed E-state index contributed by atoms with van der Waals surface area (Å²) in [7, 11) is 0. The van der Waals surface area contributed by atoms with Crippen molar-refractivity contribution in [3.05, 3.63) is 34.4 Å². The highest BCUT2D eigenvalue weighted by Gasteiger charge is 2.36. The van der Waals surface area contributed by atoms with Crippen molar-refractivity contribution in [3.8, 4) is 0 Å². The number of carbonyl (C=O) groups is 4. The number of benzene rings is 1. The minimum absolute atomic E-state index is 0.0988. The Morgan fingerprint density at radius 1 is 0.467 bits per heavy atom. The van der Waals surface area contributed by atoms with Gasteiger partial charge in [0.15, 0.2) is 0 Å². The Labute approximate surface area is 172 Å². The van der Waals surface area contributed by atoms with Crippen LogP contribution in [0.3, 0.4) is 0 Å². The van der Waals surface area contributed by atoms with Crippen LogP contribution in [0.1, 0.15) is 92.8 Å². The maximum atomic E-state index is 12.7. The lowest BCUT2D eigenvalue weighted by molar-refractivity contribution is 0.0407. The van der Waals surface area contributed by atoms with Crippen molar-refractivity contribution in [2.24, 2.45) is 0 Å². The van der Waals surface area contributed by atoms with Crippen LogP contribution in [0.2, 0.25) is 0 Å². The minimum Gasteiger partial charge on any atom is -0.459 e. The van der Waals surface area contributed by atoms with Crippen molar-refractivity contribution in [2.75, 3.05) is 0 Å². The van der Waals surface area contributed by atoms with Crippen molar-refractivity contribution in [1.29, 1.82) is 0 Å². The van der Waals surface area contributed by atoms with Crippen LogP contribution in [0.4, 0.5) is 0 Å². The minimum atomic E-state index is -0.720. The third-order valence-electron chi connectivity index (χ3n) is 5.23. The quantitative estimate of drug-likeness (QED) is 0.472. The molecule has 4 aliphatic carbocycles. The second-order valence-corrected chi connectivity index (χ2v) is 8.36. The van der Waals surface area contributed by atoms with Crippen LogP contribution in [0.15, 0.2) is 12.1 Å². The van der Waals surface area contributed by atoms with Crippen molar-refractivity contribution >= 4 is 23.9 Å². The fourth-order valence-corrected chi connectivity index (χ4v) is 2.88. The van der Waals surface area contributed by atoms with Gasteiger partial charge in [-0.3, -0.25) is 0 Å². The van der Waals surface area contributed by atoms with Gasteiger partial charge in [0.05, 0.1) is 22.3 Å². The summed E-state index contributed by atoms with van der Waals surface area (Å²) in [4.78, 5) is 50.8. The molecule has 0 heterocycles. The summed E-state index contributed by atoms with van der Waals surface area (Å²) in [6.45, 7) is 0. The smallest absolute Gasteiger partial charge is 0.339 e. The molecule has 1 aromatic rings. The molecule has 8 nitrogen and oxygen atoms in total. The Kier molecular flexibility index (Phi) is 4.72. The predicted molar refractivity (Wildman–Crippen MR) is 100 cm³/mol. The van der Waals surface area contributed by atoms with E-state index in [2.05, 4.69) is 0 Å². The highest BCUT2D eigenvalue weighted by Crippen LogP contribution is 2.32. The number of ether oxygens (including phenoxy) is 4. The Balaban J connectivity index is 1.53. The van der Waals surface area contributed by atoms with Gasteiger partial charge in [-0.05, 0) is 63.5 Å². The maximum Gasteiger partial charge on any atom is 0.339 e. The van der Waals surface area contributed by atoms with Gasteiger partial charge in [-0.25, -0.2) is 19.2 Å². The number of rotatable bonds is 8. The Morgan fingerprint density at radius 3 is 0.833 bits per heavy atom. The lowest BCUT2D eigenvalue weighted by Crippen LogP contribution is -2.21. The molecule has 5 rings (SSSR count). The van der Waals surface area contributed by atoms with E-state index in [0.717, 1.165) is 51.4 Å². The van der Waals surface area contributed by atoms with E-state index in [1.54, 1.807) is 0 Å². The fraction of sp³-hybridized carbons (Fsp3) is 0.545. The van der Waals surface area contributed by atoms with Gasteiger partial charge in [0.25, 0.3) is 0 Å². The van der Waals surface area contributed by atoms with Crippen LogP contribution in [0.5, 0.6) is 0 Å². The molecule has 0 aromatic heterocycles. The number of hydrogen-bond donors (Lipinski definition) is 0. The summed E-state index contributed by atoms with van der Waals surface area (Å²) in [5, 5.41) is 0. The molecule has 1 aromatic carbocycles. The first-order valence-electron chi connectivity index (χ1n) is 10.5. The molecular weight excluding hydrogens is 392 g/mol. The van der Waals surface area contributed by atoms with Crippen LogP contribution >= 0.6 is 0 Å². The van der Waals surface area contributed by atoms with Gasteiger partial charge < -0.3 is 18.9 Å². The molecule has 0 unspecified atom stereocenters. The largest absolute Gasteiger partial charge is 0.459 e. The Bertz CT molecular complexity index is 773. The first-order chi connectivity index (χ1) is 14.5. The fourth-order valence-electron chi connectivity index (χ4n) is 2.88. The van der Waals surface area contributed by atoms with Gasteiger partial charge in [-0.15, -0.1) is 0 Å². The number of esters is 4. The van der Waals surface area contributed by atoms with Gasteiger partial charge in [-0.1, -0.05) is 0 Å². The average Bonchev–Trinajstić information content (AvgIpc) is 3.52. The molecule has 158 valence electrons. The van der Waals surface area contributed by atoms with Crippen molar-refractivity contribution in [1.82, 2.24) is 0 Å². The van der Waals surface area contributed by atoms with E-state index in [9.17, 15) is 19.2 Å². The molecule has 0 atom stereocenters. The van der Waals surface area contributed by atoms with Gasteiger partial charge in [-0.2, -0.15) is 0 Å². The molecule has 0 radical (unpaired) electrons. The molecular formula is C22H22O8. The second-order valence-electron chi connectivity index (χ2n) is 8.36. The van der Waals surface area contributed by atoms with Crippen LogP contribution in [0, 0.1) is 0 Å². The monoisotopic (exact) mass is 414 g/mol. The molecule has 0 amide bonds. The molecule has 0 N–H and O–H groups in total. The summed E-state index contributed by atoms with van der Waals surface area (Å²) in [6.07, 6.45) is 5.32. The molecule has 8 heteroatoms. The van der Waals surface area contributed by atoms with E-state index in [4.69, 9.17) is 18.9 Å². The summed E-state index contributed by atoms with van der Waals surface area (Å²) < 4.78 is 21.4. The maximum absolute atomic E-state index is 12.7. The first-order valence-corrected chi connectivity index (χ1v) is 10.5. The van der Waals surface area contributed by atoms with Crippen LogP contribution < -0.4 is 0 Å². The van der Waals surface area contributed by atoms with E-state index in [1.165, 1.54) is 12.1 Å². The third kappa shape index (κ3) is 4.47. The van der Waals surface area contributed by atoms with Gasteiger partial charge in [0.1, 0.15) is 24.4 Å². The highest BCUT2D eigenvalue weighted by molar-refractivity contribution is 6.10. The van der Waals surface area contributed by atoms with Crippen molar-refractivity contribution < 1.29 is 38.1 Å². The summed E-state index contributed by atoms with van der Waals surface area (Å²) in [5.41, 5.74) is -0.395. The summed E-state index contributed by atoms with van der Waals surface area (Å²) in [6, 6.07) is 2.42. The van der Waals surface area contributed by atoms with E-state index < -0.39 is 23.9 Å². The molecule has 0 saturated heterocycles. The second kappa shape index (κ2) is 7.41. The molecule has 4 fully saturated rings. The van der Waals surface area contributed by atoms with E-state index in [0.29, 0.717) is 0 Å². The SMILES string of the molecule is O=C(OC1CC1)c1cc(C(=O)OC2CC2)c(C(=O)OC2CC2)cc1C(=O)OC1CC1. The van der Waals surface area contributed by atoms with Gasteiger partial charge in [0.2, 0.25) is 0 Å². The Hall–Kier alpha value is -2.90. The van der Waals surface area contributed by atoms with Crippen molar-refractivity contribution in [3.63, 3.8) is 0 Å². The zero-order chi connectivity index (χ0) is 20.8. The molecule has 0 bridgehead atoms. The number of carbonyl (C=O) groups excluding carboxylic acids is 4. The standard InChI is InChI=1S/C22H22O8/c23-19(27-11-1-2-11)15-9-17(21(25)29-13-5-6-13)18(22(26)30-14-7-8-14)10-16(15)20(24)28-12-3-4-12/h9-14H,1-8H2. The van der Waals surface area contributed by atoms with Crippen LogP contribution in [0.25, 0.3) is 0 Å². The van der Waals surface area contributed by atoms with E-state index >= 15 is 0 Å². The average molecular weight is 414 g/mol. The van der Waals surface area contributed by atoms with Crippen LogP contribution in [-0.4, -0.2) is 48.3 Å². The normalized spacial score (nSPS) is 20.3. The van der Waals surface area contributed by atoms with Gasteiger partial charge in [0, 0.05) is 0 Å². The van der Waals surface area contributed by atoms with E-state index in [1.807, 2.05) is 0 Å². The predicted octanol–water partition coefficient (Wildman–Crippen LogP) is 2.96. The zero-order valence-electron chi connectivity index (χ0n) is 16.4. The molecule has 4 saturated carbocycles. The summed E-state index contributed by atoms with van der Waals surface area (Å²) in [5.74, 6) is -2.88. The summed E-state index contributed by atoms with van der Waals surface area (Å²) >= 11 is 0. The van der Waals surface area contributed by atoms with Gasteiger partial charge >= 0.3 is 23.9 Å². The zero-order valence-corrected chi connectivity index (χ0v) is 16.4. The molecule has 0 spiro atoms. The molecule has 0 aliphatic heterocycles. The van der Waals surface area contributed by atoms with Crippen molar-refractivity contribution in [2.45, 2.75) is 75.8 Å². The topological polar surface area (TPSA) is 105 Å². The first kappa shape index (κ1) is 19.1. The lowest BCUT2D eigenvalue weighted by atomic mass is 9.98. The van der Waals surface area contributed by atoms with E-state index in [-0.39, 0.29) is 46.7 Å². The lowest BCUT2D eigenvalue weighted by Gasteiger charge is -2.15. The third-order valence-corrected chi connectivity index (χ3v) is 5.23. The number of hydrogen-bond acceptors (Lipinski definition) is 8. The van der Waals surface area contributed by atoms with Crippen LogP contribution in [-0.2, 0) is 18.9 Å².